The molecule has 0 atom stereocenters. The molecule has 0 amide bonds. The van der Waals surface area contributed by atoms with Crippen LogP contribution < -0.4 is 0 Å². The minimum absolute atomic E-state index is 0. The summed E-state index contributed by atoms with van der Waals surface area (Å²) >= 11 is 0. The number of carbonyl (C=O) groups is 1. The third-order valence-electron chi connectivity index (χ3n) is 3.04. The number of aldehydes is 1. The predicted molar refractivity (Wildman–Crippen MR) is 73.1 cm³/mol. The van der Waals surface area contributed by atoms with Crippen LogP contribution in [0.15, 0.2) is 36.5 Å². The quantitative estimate of drug-likeness (QED) is 0.770. The maximum absolute atomic E-state index is 10.6. The van der Waals surface area contributed by atoms with Gasteiger partial charge in [0.15, 0.2) is 0 Å². The van der Waals surface area contributed by atoms with E-state index in [1.807, 2.05) is 18.2 Å². The smallest absolute Gasteiger partial charge is 0.123 e. The van der Waals surface area contributed by atoms with Gasteiger partial charge in [0.05, 0.1) is 0 Å². The van der Waals surface area contributed by atoms with Crippen LogP contribution in [0.2, 0.25) is 0 Å². The Hall–Kier alpha value is -1.28. The molecule has 1 aliphatic heterocycles. The maximum atomic E-state index is 10.6. The molecular weight excluding hydrogens is 234 g/mol. The Morgan fingerprint density at radius 2 is 1.76 bits per heavy atom. The highest BCUT2D eigenvalue weighted by molar-refractivity contribution is 5.85. The molecule has 3 heteroatoms. The van der Waals surface area contributed by atoms with Gasteiger partial charge in [0, 0.05) is 19.0 Å². The molecule has 1 fully saturated rings. The Morgan fingerprint density at radius 3 is 2.35 bits per heavy atom. The van der Waals surface area contributed by atoms with E-state index in [0.717, 1.165) is 32.2 Å². The van der Waals surface area contributed by atoms with Gasteiger partial charge in [0.1, 0.15) is 6.29 Å². The Morgan fingerprint density at radius 1 is 1.12 bits per heavy atom. The Bertz CT molecular complexity index is 356. The number of halogens is 1. The van der Waals surface area contributed by atoms with Crippen molar-refractivity contribution < 1.29 is 4.79 Å². The minimum atomic E-state index is 0. The van der Waals surface area contributed by atoms with Gasteiger partial charge in [-0.25, -0.2) is 0 Å². The fourth-order valence-electron chi connectivity index (χ4n) is 1.96. The SMILES string of the molecule is Cl.O=CC1CCN(C=Cc2ccccc2)CC1. The average Bonchev–Trinajstić information content (AvgIpc) is 2.38. The lowest BCUT2D eigenvalue weighted by Gasteiger charge is -2.28. The summed E-state index contributed by atoms with van der Waals surface area (Å²) in [6.07, 6.45) is 7.33. The van der Waals surface area contributed by atoms with Gasteiger partial charge in [0.2, 0.25) is 0 Å². The first-order valence-corrected chi connectivity index (χ1v) is 5.81. The first kappa shape index (κ1) is 13.8. The van der Waals surface area contributed by atoms with E-state index in [1.54, 1.807) is 0 Å². The van der Waals surface area contributed by atoms with E-state index < -0.39 is 0 Å². The molecule has 92 valence electrons. The standard InChI is InChI=1S/C14H17NO.ClH/c16-12-14-7-10-15(11-8-14)9-6-13-4-2-1-3-5-13;/h1-6,9,12,14H,7-8,10-11H2;1H. The van der Waals surface area contributed by atoms with Gasteiger partial charge in [-0.05, 0) is 30.7 Å². The van der Waals surface area contributed by atoms with Gasteiger partial charge >= 0.3 is 0 Å². The summed E-state index contributed by atoms with van der Waals surface area (Å²) in [6.45, 7) is 1.99. The fraction of sp³-hybridized carbons (Fsp3) is 0.357. The molecule has 0 aromatic heterocycles. The lowest BCUT2D eigenvalue weighted by molar-refractivity contribution is -0.112. The maximum Gasteiger partial charge on any atom is 0.123 e. The number of benzene rings is 1. The molecule has 0 bridgehead atoms. The van der Waals surface area contributed by atoms with Gasteiger partial charge < -0.3 is 9.69 Å². The Kier molecular flexibility index (Phi) is 5.78. The molecular formula is C14H18ClNO. The van der Waals surface area contributed by atoms with Crippen molar-refractivity contribution in [3.63, 3.8) is 0 Å². The highest BCUT2D eigenvalue weighted by atomic mass is 35.5. The van der Waals surface area contributed by atoms with Crippen molar-refractivity contribution in [2.75, 3.05) is 13.1 Å². The van der Waals surface area contributed by atoms with E-state index >= 15 is 0 Å². The second-order valence-electron chi connectivity index (χ2n) is 4.24. The van der Waals surface area contributed by atoms with Crippen LogP contribution in [0.1, 0.15) is 18.4 Å². The second kappa shape index (κ2) is 7.13. The molecule has 2 nitrogen and oxygen atoms in total. The number of hydrogen-bond donors (Lipinski definition) is 0. The average molecular weight is 252 g/mol. The van der Waals surface area contributed by atoms with Gasteiger partial charge in [0.25, 0.3) is 0 Å². The van der Waals surface area contributed by atoms with Crippen LogP contribution in [0.4, 0.5) is 0 Å². The van der Waals surface area contributed by atoms with Gasteiger partial charge in [-0.1, -0.05) is 30.3 Å². The lowest BCUT2D eigenvalue weighted by Crippen LogP contribution is -2.29. The number of piperidine rings is 1. The third-order valence-corrected chi connectivity index (χ3v) is 3.04. The molecule has 1 aromatic rings. The third kappa shape index (κ3) is 4.23. The molecule has 1 heterocycles. The molecule has 1 aromatic carbocycles. The number of nitrogens with zero attached hydrogens (tertiary/aromatic N) is 1. The Labute approximate surface area is 109 Å². The molecule has 0 spiro atoms. The number of rotatable bonds is 3. The first-order valence-electron chi connectivity index (χ1n) is 5.81. The molecule has 0 saturated carbocycles. The van der Waals surface area contributed by atoms with Crippen LogP contribution >= 0.6 is 12.4 Å². The van der Waals surface area contributed by atoms with E-state index in [9.17, 15) is 4.79 Å². The van der Waals surface area contributed by atoms with Crippen molar-refractivity contribution in [2.45, 2.75) is 12.8 Å². The van der Waals surface area contributed by atoms with Crippen LogP contribution in [0, 0.1) is 5.92 Å². The number of hydrogen-bond acceptors (Lipinski definition) is 2. The minimum Gasteiger partial charge on any atom is -0.377 e. The molecule has 17 heavy (non-hydrogen) atoms. The van der Waals surface area contributed by atoms with Crippen molar-refractivity contribution in [1.82, 2.24) is 4.90 Å². The van der Waals surface area contributed by atoms with Gasteiger partial charge in [-0.2, -0.15) is 0 Å². The molecule has 2 rings (SSSR count). The molecule has 0 radical (unpaired) electrons. The van der Waals surface area contributed by atoms with Crippen molar-refractivity contribution in [1.29, 1.82) is 0 Å². The van der Waals surface area contributed by atoms with Gasteiger partial charge in [-0.3, -0.25) is 0 Å². The van der Waals surface area contributed by atoms with Crippen LogP contribution in [-0.4, -0.2) is 24.3 Å². The summed E-state index contributed by atoms with van der Waals surface area (Å²) in [5, 5.41) is 0. The van der Waals surface area contributed by atoms with Crippen LogP contribution in [0.5, 0.6) is 0 Å². The summed E-state index contributed by atoms with van der Waals surface area (Å²) < 4.78 is 0. The zero-order valence-electron chi connectivity index (χ0n) is 9.79. The molecule has 1 aliphatic rings. The monoisotopic (exact) mass is 251 g/mol. The number of carbonyl (C=O) groups excluding carboxylic acids is 1. The molecule has 1 saturated heterocycles. The molecule has 0 aliphatic carbocycles. The summed E-state index contributed by atoms with van der Waals surface area (Å²) in [7, 11) is 0. The van der Waals surface area contributed by atoms with Crippen molar-refractivity contribution in [3.8, 4) is 0 Å². The summed E-state index contributed by atoms with van der Waals surface area (Å²) in [5.74, 6) is 0.279. The van der Waals surface area contributed by atoms with Crippen LogP contribution in [0.3, 0.4) is 0 Å². The second-order valence-corrected chi connectivity index (χ2v) is 4.24. The highest BCUT2D eigenvalue weighted by Crippen LogP contribution is 2.15. The van der Waals surface area contributed by atoms with Gasteiger partial charge in [-0.15, -0.1) is 12.4 Å². The van der Waals surface area contributed by atoms with E-state index in [-0.39, 0.29) is 18.3 Å². The topological polar surface area (TPSA) is 20.3 Å². The Balaban J connectivity index is 0.00000144. The van der Waals surface area contributed by atoms with E-state index in [0.29, 0.717) is 0 Å². The summed E-state index contributed by atoms with van der Waals surface area (Å²) in [5.41, 5.74) is 1.22. The largest absolute Gasteiger partial charge is 0.377 e. The fourth-order valence-corrected chi connectivity index (χ4v) is 1.96. The number of likely N-dealkylation sites (tertiary alicyclic amines) is 1. The highest BCUT2D eigenvalue weighted by Gasteiger charge is 2.15. The zero-order valence-corrected chi connectivity index (χ0v) is 10.6. The van der Waals surface area contributed by atoms with Crippen molar-refractivity contribution in [2.24, 2.45) is 5.92 Å². The van der Waals surface area contributed by atoms with E-state index in [1.165, 1.54) is 5.56 Å². The normalized spacial score (nSPS) is 16.8. The van der Waals surface area contributed by atoms with Crippen molar-refractivity contribution in [3.05, 3.63) is 42.1 Å². The zero-order chi connectivity index (χ0) is 11.2. The van der Waals surface area contributed by atoms with E-state index in [2.05, 4.69) is 29.3 Å². The van der Waals surface area contributed by atoms with Crippen LogP contribution in [-0.2, 0) is 4.79 Å². The molecule has 0 N–H and O–H groups in total. The summed E-state index contributed by atoms with van der Waals surface area (Å²) in [6, 6.07) is 10.3. The van der Waals surface area contributed by atoms with E-state index in [4.69, 9.17) is 0 Å². The lowest BCUT2D eigenvalue weighted by atomic mass is 9.99. The van der Waals surface area contributed by atoms with Crippen LogP contribution in [0.25, 0.3) is 6.08 Å². The molecule has 0 unspecified atom stereocenters. The summed E-state index contributed by atoms with van der Waals surface area (Å²) in [4.78, 5) is 12.9. The van der Waals surface area contributed by atoms with Crippen molar-refractivity contribution >= 4 is 24.8 Å². The predicted octanol–water partition coefficient (Wildman–Crippen LogP) is 2.99. The first-order chi connectivity index (χ1) is 7.88.